The Morgan fingerprint density at radius 1 is 1.29 bits per heavy atom. The molecule has 1 aliphatic heterocycles. The first-order valence-electron chi connectivity index (χ1n) is 8.28. The number of amides is 1. The highest BCUT2D eigenvalue weighted by molar-refractivity contribution is 6.16. The van der Waals surface area contributed by atoms with Crippen LogP contribution >= 0.6 is 0 Å². The summed E-state index contributed by atoms with van der Waals surface area (Å²) in [5, 5.41) is 9.05. The molecule has 0 atom stereocenters. The van der Waals surface area contributed by atoms with E-state index in [0.29, 0.717) is 24.5 Å². The van der Waals surface area contributed by atoms with Crippen LogP contribution in [0.1, 0.15) is 29.4 Å². The zero-order valence-electron chi connectivity index (χ0n) is 13.6. The molecule has 5 nitrogen and oxygen atoms in total. The second-order valence-electron chi connectivity index (χ2n) is 5.89. The van der Waals surface area contributed by atoms with Crippen LogP contribution in [0.15, 0.2) is 42.6 Å². The fourth-order valence-electron chi connectivity index (χ4n) is 3.35. The molecule has 2 aromatic carbocycles. The summed E-state index contributed by atoms with van der Waals surface area (Å²) in [5.41, 5.74) is 2.53. The van der Waals surface area contributed by atoms with Gasteiger partial charge >= 0.3 is 0 Å². The molecule has 1 amide bonds. The normalized spacial score (nSPS) is 13.8. The molecule has 0 aliphatic carbocycles. The maximum absolute atomic E-state index is 13.4. The van der Waals surface area contributed by atoms with Gasteiger partial charge in [-0.05, 0) is 36.6 Å². The maximum Gasteiger partial charge on any atom is 0.262 e. The molecule has 0 radical (unpaired) electrons. The number of aromatic amines is 1. The average Bonchev–Trinajstić information content (AvgIpc) is 3.10. The van der Waals surface area contributed by atoms with Crippen molar-refractivity contribution in [3.05, 3.63) is 53.9 Å². The van der Waals surface area contributed by atoms with E-state index in [0.717, 1.165) is 35.0 Å². The van der Waals surface area contributed by atoms with E-state index in [1.54, 1.807) is 6.20 Å². The van der Waals surface area contributed by atoms with Crippen molar-refractivity contribution < 1.29 is 9.53 Å². The summed E-state index contributed by atoms with van der Waals surface area (Å²) >= 11 is 0. The molecule has 0 bridgehead atoms. The number of rotatable bonds is 3. The Labute approximate surface area is 140 Å². The van der Waals surface area contributed by atoms with E-state index >= 15 is 0 Å². The molecule has 1 aliphatic rings. The number of aromatic nitrogens is 2. The first kappa shape index (κ1) is 14.8. The van der Waals surface area contributed by atoms with Gasteiger partial charge in [0.2, 0.25) is 0 Å². The van der Waals surface area contributed by atoms with Gasteiger partial charge in [0.05, 0.1) is 29.7 Å². The van der Waals surface area contributed by atoms with Crippen LogP contribution in [0.4, 0.5) is 5.69 Å². The van der Waals surface area contributed by atoms with Crippen LogP contribution in [0.2, 0.25) is 0 Å². The van der Waals surface area contributed by atoms with E-state index < -0.39 is 0 Å². The predicted octanol–water partition coefficient (Wildman–Crippen LogP) is 3.55. The highest BCUT2D eigenvalue weighted by atomic mass is 16.5. The quantitative estimate of drug-likeness (QED) is 0.802. The Kier molecular flexibility index (Phi) is 3.69. The second-order valence-corrected chi connectivity index (χ2v) is 5.89. The Morgan fingerprint density at radius 2 is 2.17 bits per heavy atom. The van der Waals surface area contributed by atoms with Crippen LogP contribution in [-0.4, -0.2) is 29.3 Å². The summed E-state index contributed by atoms with van der Waals surface area (Å²) in [4.78, 5) is 15.2. The molecule has 24 heavy (non-hydrogen) atoms. The second kappa shape index (κ2) is 6.00. The number of anilines is 1. The number of hydrogen-bond acceptors (Lipinski definition) is 3. The predicted molar refractivity (Wildman–Crippen MR) is 93.7 cm³/mol. The van der Waals surface area contributed by atoms with Crippen molar-refractivity contribution in [1.29, 1.82) is 0 Å². The molecular formula is C19H19N3O2. The lowest BCUT2D eigenvalue weighted by atomic mass is 10.0. The van der Waals surface area contributed by atoms with Gasteiger partial charge in [0, 0.05) is 6.54 Å². The molecule has 1 aromatic heterocycles. The lowest BCUT2D eigenvalue weighted by Crippen LogP contribution is -2.35. The molecule has 0 fully saturated rings. The zero-order chi connectivity index (χ0) is 16.5. The standard InChI is InChI=1S/C19H19N3O2/c1-2-24-17-10-9-13-6-3-4-7-14(13)18(17)19(23)22-11-5-8-15-16(22)12-20-21-15/h3-4,6-7,9-10,12H,2,5,8,11H2,1H3,(H,20,21). The van der Waals surface area contributed by atoms with Gasteiger partial charge in [0.1, 0.15) is 5.75 Å². The third kappa shape index (κ3) is 2.33. The number of H-pyrrole nitrogens is 1. The largest absolute Gasteiger partial charge is 0.493 e. The van der Waals surface area contributed by atoms with Crippen LogP contribution < -0.4 is 9.64 Å². The van der Waals surface area contributed by atoms with E-state index in [1.807, 2.05) is 48.2 Å². The van der Waals surface area contributed by atoms with Crippen molar-refractivity contribution in [1.82, 2.24) is 10.2 Å². The van der Waals surface area contributed by atoms with Gasteiger partial charge in [0.15, 0.2) is 0 Å². The third-order valence-electron chi connectivity index (χ3n) is 4.44. The van der Waals surface area contributed by atoms with E-state index in [4.69, 9.17) is 4.74 Å². The van der Waals surface area contributed by atoms with Crippen molar-refractivity contribution in [2.24, 2.45) is 0 Å². The molecule has 1 N–H and O–H groups in total. The number of hydrogen-bond donors (Lipinski definition) is 1. The molecule has 122 valence electrons. The topological polar surface area (TPSA) is 58.2 Å². The van der Waals surface area contributed by atoms with Crippen LogP contribution in [0.3, 0.4) is 0 Å². The Morgan fingerprint density at radius 3 is 3.04 bits per heavy atom. The number of fused-ring (bicyclic) bond motifs is 2. The van der Waals surface area contributed by atoms with Gasteiger partial charge in [-0.2, -0.15) is 5.10 Å². The van der Waals surface area contributed by atoms with Gasteiger partial charge in [-0.3, -0.25) is 9.89 Å². The summed E-state index contributed by atoms with van der Waals surface area (Å²) in [6, 6.07) is 11.8. The number of nitrogens with zero attached hydrogens (tertiary/aromatic N) is 2. The van der Waals surface area contributed by atoms with Crippen LogP contribution in [-0.2, 0) is 6.42 Å². The average molecular weight is 321 g/mol. The van der Waals surface area contributed by atoms with Crippen LogP contribution in [0, 0.1) is 0 Å². The lowest BCUT2D eigenvalue weighted by molar-refractivity contribution is 0.0983. The molecule has 0 saturated carbocycles. The Hall–Kier alpha value is -2.82. The van der Waals surface area contributed by atoms with Crippen molar-refractivity contribution in [2.75, 3.05) is 18.1 Å². The molecular weight excluding hydrogens is 302 g/mol. The maximum atomic E-state index is 13.4. The Bertz CT molecular complexity index is 901. The van der Waals surface area contributed by atoms with E-state index in [9.17, 15) is 4.79 Å². The van der Waals surface area contributed by atoms with Gasteiger partial charge in [-0.1, -0.05) is 30.3 Å². The summed E-state index contributed by atoms with van der Waals surface area (Å²) in [5.74, 6) is 0.606. The molecule has 2 heterocycles. The summed E-state index contributed by atoms with van der Waals surface area (Å²) < 4.78 is 5.76. The molecule has 4 rings (SSSR count). The summed E-state index contributed by atoms with van der Waals surface area (Å²) in [7, 11) is 0. The number of ether oxygens (including phenoxy) is 1. The summed E-state index contributed by atoms with van der Waals surface area (Å²) in [6.45, 7) is 3.15. The number of aryl methyl sites for hydroxylation is 1. The minimum absolute atomic E-state index is 0.0300. The molecule has 3 aromatic rings. The number of benzene rings is 2. The summed E-state index contributed by atoms with van der Waals surface area (Å²) in [6.07, 6.45) is 3.58. The van der Waals surface area contributed by atoms with Crippen molar-refractivity contribution in [2.45, 2.75) is 19.8 Å². The monoisotopic (exact) mass is 321 g/mol. The van der Waals surface area contributed by atoms with Crippen molar-refractivity contribution in [3.8, 4) is 5.75 Å². The highest BCUT2D eigenvalue weighted by Crippen LogP contribution is 2.33. The first-order valence-corrected chi connectivity index (χ1v) is 8.28. The third-order valence-corrected chi connectivity index (χ3v) is 4.44. The molecule has 0 spiro atoms. The van der Waals surface area contributed by atoms with Crippen LogP contribution in [0.25, 0.3) is 10.8 Å². The highest BCUT2D eigenvalue weighted by Gasteiger charge is 2.28. The molecule has 0 unspecified atom stereocenters. The zero-order valence-corrected chi connectivity index (χ0v) is 13.6. The first-order chi connectivity index (χ1) is 11.8. The van der Waals surface area contributed by atoms with E-state index in [1.165, 1.54) is 0 Å². The number of carbonyl (C=O) groups excluding carboxylic acids is 1. The minimum atomic E-state index is -0.0300. The van der Waals surface area contributed by atoms with E-state index in [2.05, 4.69) is 10.2 Å². The number of carbonyl (C=O) groups is 1. The molecule has 5 heteroatoms. The fourth-order valence-corrected chi connectivity index (χ4v) is 3.35. The van der Waals surface area contributed by atoms with Crippen molar-refractivity contribution in [3.63, 3.8) is 0 Å². The lowest BCUT2D eigenvalue weighted by Gasteiger charge is -2.27. The minimum Gasteiger partial charge on any atom is -0.493 e. The fraction of sp³-hybridized carbons (Fsp3) is 0.263. The SMILES string of the molecule is CCOc1ccc2ccccc2c1C(=O)N1CCCc2[nH]ncc21. The van der Waals surface area contributed by atoms with Crippen molar-refractivity contribution >= 4 is 22.4 Å². The smallest absolute Gasteiger partial charge is 0.262 e. The van der Waals surface area contributed by atoms with Crippen LogP contribution in [0.5, 0.6) is 5.75 Å². The van der Waals surface area contributed by atoms with Gasteiger partial charge in [-0.25, -0.2) is 0 Å². The van der Waals surface area contributed by atoms with Gasteiger partial charge < -0.3 is 9.64 Å². The molecule has 0 saturated heterocycles. The number of nitrogens with one attached hydrogen (secondary N) is 1. The van der Waals surface area contributed by atoms with Gasteiger partial charge in [-0.15, -0.1) is 0 Å². The van der Waals surface area contributed by atoms with Gasteiger partial charge in [0.25, 0.3) is 5.91 Å². The van der Waals surface area contributed by atoms with E-state index in [-0.39, 0.29) is 5.91 Å². The Balaban J connectivity index is 1.87.